The molecule has 1 aliphatic heterocycles. The van der Waals surface area contributed by atoms with Crippen molar-refractivity contribution in [2.45, 2.75) is 20.0 Å². The summed E-state index contributed by atoms with van der Waals surface area (Å²) in [5, 5.41) is 0.643. The summed E-state index contributed by atoms with van der Waals surface area (Å²) in [7, 11) is 1.62. The number of ether oxygens (including phenoxy) is 1. The largest absolute Gasteiger partial charge is 0.383 e. The Morgan fingerprint density at radius 1 is 1.07 bits per heavy atom. The molecule has 1 aliphatic rings. The summed E-state index contributed by atoms with van der Waals surface area (Å²) in [6.07, 6.45) is 5.28. The molecule has 4 rings (SSSR count). The molecule has 3 aromatic rings. The molecule has 0 radical (unpaired) electrons. The van der Waals surface area contributed by atoms with Gasteiger partial charge in [-0.1, -0.05) is 0 Å². The van der Waals surface area contributed by atoms with Crippen LogP contribution in [0.3, 0.4) is 0 Å². The van der Waals surface area contributed by atoms with E-state index < -0.39 is 0 Å². The number of hydrogen-bond donors (Lipinski definition) is 0. The van der Waals surface area contributed by atoms with Crippen LogP contribution in [0.15, 0.2) is 41.7 Å². The second kappa shape index (κ2) is 8.67. The Morgan fingerprint density at radius 3 is 2.62 bits per heavy atom. The monoisotopic (exact) mass is 394 g/mol. The van der Waals surface area contributed by atoms with Gasteiger partial charge < -0.3 is 9.64 Å². The van der Waals surface area contributed by atoms with Crippen molar-refractivity contribution in [1.29, 1.82) is 0 Å². The maximum Gasteiger partial charge on any atom is 0.261 e. The summed E-state index contributed by atoms with van der Waals surface area (Å²) < 4.78 is 6.65. The average Bonchev–Trinajstić information content (AvgIpc) is 2.75. The molecule has 0 amide bonds. The number of hydrogen-bond acceptors (Lipinski definition) is 7. The third-order valence-corrected chi connectivity index (χ3v) is 5.30. The molecule has 3 heterocycles. The first kappa shape index (κ1) is 19.5. The summed E-state index contributed by atoms with van der Waals surface area (Å²) in [5.41, 5.74) is 3.76. The third-order valence-electron chi connectivity index (χ3n) is 5.30. The van der Waals surface area contributed by atoms with E-state index in [0.717, 1.165) is 55.3 Å². The topological polar surface area (TPSA) is 76.4 Å². The van der Waals surface area contributed by atoms with E-state index in [9.17, 15) is 4.79 Å². The summed E-state index contributed by atoms with van der Waals surface area (Å²) >= 11 is 0. The van der Waals surface area contributed by atoms with E-state index in [4.69, 9.17) is 4.74 Å². The number of fused-ring (bicyclic) bond motifs is 1. The van der Waals surface area contributed by atoms with Gasteiger partial charge in [0.2, 0.25) is 0 Å². The lowest BCUT2D eigenvalue weighted by Crippen LogP contribution is -2.46. The number of benzene rings is 1. The van der Waals surface area contributed by atoms with Crippen molar-refractivity contribution in [3.63, 3.8) is 0 Å². The van der Waals surface area contributed by atoms with E-state index in [2.05, 4.69) is 24.8 Å². The van der Waals surface area contributed by atoms with E-state index in [1.807, 2.05) is 37.5 Å². The second-order valence-corrected chi connectivity index (χ2v) is 7.35. The first-order valence-electron chi connectivity index (χ1n) is 9.87. The Balaban J connectivity index is 1.42. The molecule has 1 fully saturated rings. The van der Waals surface area contributed by atoms with Gasteiger partial charge in [0, 0.05) is 57.9 Å². The van der Waals surface area contributed by atoms with Crippen LogP contribution in [0, 0.1) is 6.92 Å². The minimum absolute atomic E-state index is 0.0253. The number of aryl methyl sites for hydroxylation is 1. The zero-order valence-corrected chi connectivity index (χ0v) is 16.9. The molecule has 0 spiro atoms. The van der Waals surface area contributed by atoms with E-state index in [-0.39, 0.29) is 5.56 Å². The molecule has 29 heavy (non-hydrogen) atoms. The average molecular weight is 394 g/mol. The zero-order valence-electron chi connectivity index (χ0n) is 16.9. The first-order valence-corrected chi connectivity index (χ1v) is 9.87. The molecule has 0 bridgehead atoms. The van der Waals surface area contributed by atoms with Gasteiger partial charge in [-0.25, -0.2) is 4.98 Å². The van der Waals surface area contributed by atoms with Crippen LogP contribution in [0.25, 0.3) is 10.9 Å². The quantitative estimate of drug-likeness (QED) is 0.626. The van der Waals surface area contributed by atoms with Crippen LogP contribution in [0.2, 0.25) is 0 Å². The van der Waals surface area contributed by atoms with Gasteiger partial charge in [0.15, 0.2) is 0 Å². The lowest BCUT2D eigenvalue weighted by atomic mass is 10.2. The predicted octanol–water partition coefficient (Wildman–Crippen LogP) is 1.46. The molecule has 8 nitrogen and oxygen atoms in total. The minimum Gasteiger partial charge on any atom is -0.383 e. The van der Waals surface area contributed by atoms with Gasteiger partial charge in [-0.15, -0.1) is 0 Å². The number of nitrogens with zero attached hydrogens (tertiary/aromatic N) is 6. The maximum atomic E-state index is 12.6. The van der Waals surface area contributed by atoms with Gasteiger partial charge in [0.25, 0.3) is 5.56 Å². The number of aromatic nitrogens is 4. The molecular formula is C21H26N6O2. The number of rotatable bonds is 6. The van der Waals surface area contributed by atoms with Crippen molar-refractivity contribution in [3.8, 4) is 0 Å². The fourth-order valence-electron chi connectivity index (χ4n) is 3.59. The second-order valence-electron chi connectivity index (χ2n) is 7.35. The van der Waals surface area contributed by atoms with Crippen molar-refractivity contribution < 1.29 is 4.74 Å². The fourth-order valence-corrected chi connectivity index (χ4v) is 3.59. The van der Waals surface area contributed by atoms with E-state index in [0.29, 0.717) is 18.5 Å². The van der Waals surface area contributed by atoms with Gasteiger partial charge >= 0.3 is 0 Å². The Kier molecular flexibility index (Phi) is 5.82. The van der Waals surface area contributed by atoms with Crippen molar-refractivity contribution in [3.05, 3.63) is 58.7 Å². The highest BCUT2D eigenvalue weighted by atomic mass is 16.5. The van der Waals surface area contributed by atoms with Crippen LogP contribution in [0.1, 0.15) is 11.4 Å². The van der Waals surface area contributed by atoms with Crippen LogP contribution >= 0.6 is 0 Å². The highest BCUT2D eigenvalue weighted by molar-refractivity contribution is 5.81. The molecule has 0 unspecified atom stereocenters. The van der Waals surface area contributed by atoms with E-state index in [1.165, 1.54) is 0 Å². The van der Waals surface area contributed by atoms with Crippen molar-refractivity contribution in [2.24, 2.45) is 0 Å². The summed E-state index contributed by atoms with van der Waals surface area (Å²) in [4.78, 5) is 30.6. The van der Waals surface area contributed by atoms with Gasteiger partial charge in [-0.05, 0) is 25.1 Å². The lowest BCUT2D eigenvalue weighted by molar-refractivity contribution is 0.186. The molecule has 1 saturated heterocycles. The van der Waals surface area contributed by atoms with Crippen molar-refractivity contribution in [2.75, 3.05) is 44.8 Å². The number of methoxy groups -OCH3 is 1. The van der Waals surface area contributed by atoms with Crippen LogP contribution in [-0.4, -0.2) is 64.3 Å². The van der Waals surface area contributed by atoms with E-state index in [1.54, 1.807) is 18.0 Å². The van der Waals surface area contributed by atoms with Crippen LogP contribution in [0.5, 0.6) is 0 Å². The van der Waals surface area contributed by atoms with Crippen molar-refractivity contribution in [1.82, 2.24) is 24.4 Å². The molecule has 1 aromatic carbocycles. The molecule has 0 atom stereocenters. The molecule has 2 aromatic heterocycles. The van der Waals surface area contributed by atoms with Crippen LogP contribution in [0.4, 0.5) is 5.69 Å². The summed E-state index contributed by atoms with van der Waals surface area (Å²) in [5.74, 6) is 0. The van der Waals surface area contributed by atoms with Gasteiger partial charge in [0.05, 0.1) is 41.8 Å². The predicted molar refractivity (Wildman–Crippen MR) is 112 cm³/mol. The number of piperazine rings is 1. The zero-order chi connectivity index (χ0) is 20.2. The molecule has 0 N–H and O–H groups in total. The Bertz CT molecular complexity index is 1030. The first-order chi connectivity index (χ1) is 14.1. The SMILES string of the molecule is COCCn1cnc2cc(N3CCN(Cc4cnc(C)cn4)CC3)ccc2c1=O. The molecule has 0 saturated carbocycles. The van der Waals surface area contributed by atoms with Crippen LogP contribution < -0.4 is 10.5 Å². The Morgan fingerprint density at radius 2 is 1.90 bits per heavy atom. The fraction of sp³-hybridized carbons (Fsp3) is 0.429. The normalized spacial score (nSPS) is 15.2. The van der Waals surface area contributed by atoms with Gasteiger partial charge in [0.1, 0.15) is 0 Å². The lowest BCUT2D eigenvalue weighted by Gasteiger charge is -2.36. The molecule has 8 heteroatoms. The Labute approximate surface area is 169 Å². The van der Waals surface area contributed by atoms with Crippen molar-refractivity contribution >= 4 is 16.6 Å². The summed E-state index contributed by atoms with van der Waals surface area (Å²) in [6.45, 7) is 7.53. The minimum atomic E-state index is -0.0253. The maximum absolute atomic E-state index is 12.6. The van der Waals surface area contributed by atoms with Gasteiger partial charge in [-0.2, -0.15) is 0 Å². The smallest absolute Gasteiger partial charge is 0.261 e. The van der Waals surface area contributed by atoms with E-state index >= 15 is 0 Å². The molecule has 152 valence electrons. The number of anilines is 1. The highest BCUT2D eigenvalue weighted by Crippen LogP contribution is 2.21. The molecular weight excluding hydrogens is 368 g/mol. The van der Waals surface area contributed by atoms with Gasteiger partial charge in [-0.3, -0.25) is 24.2 Å². The highest BCUT2D eigenvalue weighted by Gasteiger charge is 2.18. The standard InChI is InChI=1S/C21H26N6O2/c1-16-12-23-17(13-22-16)14-25-5-7-26(8-6-25)18-3-4-19-20(11-18)24-15-27(21(19)28)9-10-29-2/h3-4,11-13,15H,5-10,14H2,1-2H3. The van der Waals surface area contributed by atoms with Crippen LogP contribution in [-0.2, 0) is 17.8 Å². The Hall–Kier alpha value is -2.84. The summed E-state index contributed by atoms with van der Waals surface area (Å²) in [6, 6.07) is 5.92. The molecule has 0 aliphatic carbocycles. The third kappa shape index (κ3) is 4.44.